The molecule has 0 N–H and O–H groups in total. The predicted molar refractivity (Wildman–Crippen MR) is 104 cm³/mol. The number of nitrogens with zero attached hydrogens (tertiary/aromatic N) is 1. The molecule has 6 atom stereocenters. The van der Waals surface area contributed by atoms with Gasteiger partial charge in [0.25, 0.3) is 0 Å². The molecule has 4 bridgehead atoms. The Labute approximate surface area is 165 Å². The summed E-state index contributed by atoms with van der Waals surface area (Å²) in [4.78, 5) is 15.3. The molecule has 1 saturated heterocycles. The van der Waals surface area contributed by atoms with Gasteiger partial charge in [0.2, 0.25) is 0 Å². The van der Waals surface area contributed by atoms with Crippen molar-refractivity contribution in [1.82, 2.24) is 4.90 Å². The quantitative estimate of drug-likeness (QED) is 0.753. The van der Waals surface area contributed by atoms with E-state index in [9.17, 15) is 4.79 Å². The molecule has 1 saturated carbocycles. The molecule has 1 aromatic rings. The molecule has 1 aromatic carbocycles. The van der Waals surface area contributed by atoms with Crippen LogP contribution in [0.3, 0.4) is 0 Å². The summed E-state index contributed by atoms with van der Waals surface area (Å²) in [5.41, 5.74) is 1.72. The minimum Gasteiger partial charge on any atom is -0.493 e. The SMILES string of the molecule is COc1ccc2c3c1OC1[C@@]4(OC)C=C[C@@]5(CC4C(C)=O)[C@@H](C2)N(C)CC[C@]315. The lowest BCUT2D eigenvalue weighted by atomic mass is 9.37. The van der Waals surface area contributed by atoms with Gasteiger partial charge in [-0.05, 0) is 51.4 Å². The number of ether oxygens (including phenoxy) is 3. The van der Waals surface area contributed by atoms with Crippen LogP contribution in [0.2, 0.25) is 0 Å². The zero-order chi connectivity index (χ0) is 19.5. The number of Topliss-reactive ketones (excluding diaryl/α,β-unsaturated/α-hetero) is 1. The summed E-state index contributed by atoms with van der Waals surface area (Å²) in [7, 11) is 5.67. The highest BCUT2D eigenvalue weighted by Crippen LogP contribution is 2.74. The molecular formula is C23H27NO4. The summed E-state index contributed by atoms with van der Waals surface area (Å²) in [6.45, 7) is 2.74. The number of carbonyl (C=O) groups excluding carboxylic acids is 1. The van der Waals surface area contributed by atoms with Crippen molar-refractivity contribution in [3.8, 4) is 11.5 Å². The second-order valence-corrected chi connectivity index (χ2v) is 9.35. The average molecular weight is 381 g/mol. The maximum absolute atomic E-state index is 12.8. The Bertz CT molecular complexity index is 941. The Morgan fingerprint density at radius 1 is 1.29 bits per heavy atom. The number of fused-ring (bicyclic) bond motifs is 1. The van der Waals surface area contributed by atoms with Crippen LogP contribution in [0.15, 0.2) is 24.3 Å². The summed E-state index contributed by atoms with van der Waals surface area (Å²) in [5.74, 6) is 1.68. The number of carbonyl (C=O) groups is 1. The first-order valence-electron chi connectivity index (χ1n) is 10.3. The summed E-state index contributed by atoms with van der Waals surface area (Å²) >= 11 is 0. The molecule has 6 aliphatic rings. The van der Waals surface area contributed by atoms with Gasteiger partial charge in [-0.3, -0.25) is 4.79 Å². The van der Waals surface area contributed by atoms with E-state index in [0.29, 0.717) is 6.04 Å². The highest BCUT2D eigenvalue weighted by molar-refractivity contribution is 5.82. The smallest absolute Gasteiger partial charge is 0.166 e. The van der Waals surface area contributed by atoms with Gasteiger partial charge in [-0.2, -0.15) is 0 Å². The van der Waals surface area contributed by atoms with Gasteiger partial charge >= 0.3 is 0 Å². The Morgan fingerprint density at radius 2 is 2.11 bits per heavy atom. The summed E-state index contributed by atoms with van der Waals surface area (Å²) < 4.78 is 18.7. The topological polar surface area (TPSA) is 48.0 Å². The number of methoxy groups -OCH3 is 2. The van der Waals surface area contributed by atoms with Gasteiger partial charge in [0.05, 0.1) is 18.4 Å². The molecule has 0 amide bonds. The van der Waals surface area contributed by atoms with Gasteiger partial charge in [-0.1, -0.05) is 18.2 Å². The molecular weight excluding hydrogens is 354 g/mol. The predicted octanol–water partition coefficient (Wildman–Crippen LogP) is 2.50. The van der Waals surface area contributed by atoms with Crippen LogP contribution in [-0.4, -0.2) is 56.2 Å². The number of likely N-dealkylation sites (N-methyl/N-ethyl adjacent to an activating group) is 1. The molecule has 2 fully saturated rings. The number of piperidine rings is 1. The first-order valence-corrected chi connectivity index (χ1v) is 10.3. The van der Waals surface area contributed by atoms with E-state index in [4.69, 9.17) is 14.2 Å². The highest BCUT2D eigenvalue weighted by atomic mass is 16.6. The fourth-order valence-corrected chi connectivity index (χ4v) is 7.67. The van der Waals surface area contributed by atoms with Gasteiger partial charge < -0.3 is 19.1 Å². The van der Waals surface area contributed by atoms with E-state index in [1.807, 2.05) is 6.07 Å². The number of hydrogen-bond donors (Lipinski definition) is 0. The zero-order valence-corrected chi connectivity index (χ0v) is 17.0. The lowest BCUT2D eigenvalue weighted by Gasteiger charge is -2.70. The molecule has 148 valence electrons. The number of benzene rings is 1. The van der Waals surface area contributed by atoms with E-state index in [2.05, 4.69) is 30.2 Å². The Kier molecular flexibility index (Phi) is 3.05. The molecule has 2 spiro atoms. The van der Waals surface area contributed by atoms with Crippen molar-refractivity contribution in [2.24, 2.45) is 11.3 Å². The van der Waals surface area contributed by atoms with E-state index in [1.54, 1.807) is 21.1 Å². The van der Waals surface area contributed by atoms with E-state index in [-0.39, 0.29) is 28.6 Å². The summed E-state index contributed by atoms with van der Waals surface area (Å²) in [6.07, 6.45) is 7.19. The average Bonchev–Trinajstić information content (AvgIpc) is 3.07. The van der Waals surface area contributed by atoms with Gasteiger partial charge in [0.15, 0.2) is 11.5 Å². The first kappa shape index (κ1) is 17.0. The van der Waals surface area contributed by atoms with Crippen molar-refractivity contribution in [1.29, 1.82) is 0 Å². The first-order chi connectivity index (χ1) is 13.4. The lowest BCUT2D eigenvalue weighted by molar-refractivity contribution is -0.212. The monoisotopic (exact) mass is 381 g/mol. The lowest BCUT2D eigenvalue weighted by Crippen LogP contribution is -2.79. The molecule has 7 rings (SSSR count). The van der Waals surface area contributed by atoms with Gasteiger partial charge in [0, 0.05) is 24.1 Å². The van der Waals surface area contributed by atoms with Crippen LogP contribution in [0.25, 0.3) is 0 Å². The van der Waals surface area contributed by atoms with Crippen LogP contribution >= 0.6 is 0 Å². The maximum Gasteiger partial charge on any atom is 0.166 e. The van der Waals surface area contributed by atoms with Crippen LogP contribution in [-0.2, 0) is 21.4 Å². The fourth-order valence-electron chi connectivity index (χ4n) is 7.67. The van der Waals surface area contributed by atoms with Crippen molar-refractivity contribution in [3.05, 3.63) is 35.4 Å². The summed E-state index contributed by atoms with van der Waals surface area (Å²) in [5, 5.41) is 0. The normalized spacial score (nSPS) is 44.2. The Hall–Kier alpha value is -1.85. The van der Waals surface area contributed by atoms with E-state index in [1.165, 1.54) is 11.1 Å². The molecule has 4 aliphatic carbocycles. The summed E-state index contributed by atoms with van der Waals surface area (Å²) in [6, 6.07) is 4.62. The molecule has 2 unspecified atom stereocenters. The van der Waals surface area contributed by atoms with Crippen molar-refractivity contribution in [2.75, 3.05) is 27.8 Å². The van der Waals surface area contributed by atoms with Gasteiger partial charge in [-0.25, -0.2) is 0 Å². The third-order valence-corrected chi connectivity index (χ3v) is 8.77. The molecule has 0 aromatic heterocycles. The van der Waals surface area contributed by atoms with Crippen LogP contribution in [0.5, 0.6) is 11.5 Å². The van der Waals surface area contributed by atoms with E-state index >= 15 is 0 Å². The molecule has 5 heteroatoms. The van der Waals surface area contributed by atoms with Crippen LogP contribution < -0.4 is 9.47 Å². The molecule has 2 aliphatic heterocycles. The zero-order valence-electron chi connectivity index (χ0n) is 17.0. The highest BCUT2D eigenvalue weighted by Gasteiger charge is 2.79. The Morgan fingerprint density at radius 3 is 2.82 bits per heavy atom. The van der Waals surface area contributed by atoms with Gasteiger partial charge in [-0.15, -0.1) is 0 Å². The van der Waals surface area contributed by atoms with Crippen molar-refractivity contribution in [2.45, 2.75) is 49.3 Å². The molecule has 2 heterocycles. The number of hydrogen-bond acceptors (Lipinski definition) is 5. The van der Waals surface area contributed by atoms with Crippen molar-refractivity contribution >= 4 is 5.78 Å². The second kappa shape index (κ2) is 5.00. The fraction of sp³-hybridized carbons (Fsp3) is 0.609. The number of ketones is 1. The number of likely N-dealkylation sites (tertiary alicyclic amines) is 1. The molecule has 28 heavy (non-hydrogen) atoms. The van der Waals surface area contributed by atoms with E-state index < -0.39 is 5.60 Å². The van der Waals surface area contributed by atoms with Crippen molar-refractivity contribution < 1.29 is 19.0 Å². The third-order valence-electron chi connectivity index (χ3n) is 8.77. The van der Waals surface area contributed by atoms with Crippen LogP contribution in [0.1, 0.15) is 30.9 Å². The van der Waals surface area contributed by atoms with Crippen molar-refractivity contribution in [3.63, 3.8) is 0 Å². The van der Waals surface area contributed by atoms with E-state index in [0.717, 1.165) is 37.3 Å². The van der Waals surface area contributed by atoms with Crippen LogP contribution in [0.4, 0.5) is 0 Å². The van der Waals surface area contributed by atoms with Gasteiger partial charge in [0.1, 0.15) is 17.5 Å². The standard InChI is InChI=1S/C23H27NO4/c1-13(25)15-12-21-7-8-23(15,27-4)20-22(21)9-10-24(2)17(21)11-14-5-6-16(26-3)19(28-20)18(14)22/h5-8,15,17,20H,9-12H2,1-4H3/t15?,17-,20?,21-,22+,23-/m1/s1. The molecule has 0 radical (unpaired) electrons. The molecule has 5 nitrogen and oxygen atoms in total. The minimum atomic E-state index is -0.716. The minimum absolute atomic E-state index is 0.105. The third kappa shape index (κ3) is 1.49. The maximum atomic E-state index is 12.8. The second-order valence-electron chi connectivity index (χ2n) is 9.35. The van der Waals surface area contributed by atoms with Crippen LogP contribution in [0, 0.1) is 11.3 Å². The number of rotatable bonds is 3. The Balaban J connectivity index is 1.72. The largest absolute Gasteiger partial charge is 0.493 e.